The van der Waals surface area contributed by atoms with Crippen LogP contribution in [0.5, 0.6) is 0 Å². The molecule has 0 bridgehead atoms. The number of esters is 2. The van der Waals surface area contributed by atoms with E-state index in [1.54, 1.807) is 7.11 Å². The maximum atomic E-state index is 14.2. The van der Waals surface area contributed by atoms with Gasteiger partial charge >= 0.3 is 11.9 Å². The number of H-pyrrole nitrogens is 1. The van der Waals surface area contributed by atoms with Gasteiger partial charge in [-0.15, -0.1) is 0 Å². The third-order valence-electron chi connectivity index (χ3n) is 15.0. The normalized spacial score (nSPS) is 40.7. The maximum Gasteiger partial charge on any atom is 0.344 e. The number of aromatic amines is 1. The molecule has 2 aromatic rings. The summed E-state index contributed by atoms with van der Waals surface area (Å²) in [6.45, 7) is 5.84. The Morgan fingerprint density at radius 3 is 2.70 bits per heavy atom. The topological polar surface area (TPSA) is 133 Å². The summed E-state index contributed by atoms with van der Waals surface area (Å²) >= 11 is 0. The van der Waals surface area contributed by atoms with Crippen molar-refractivity contribution in [2.24, 2.45) is 22.7 Å². The molecule has 4 fully saturated rings. The first-order valence-corrected chi connectivity index (χ1v) is 19.9. The third-order valence-corrected chi connectivity index (χ3v) is 15.0. The number of carbonyl (C=O) groups is 3. The van der Waals surface area contributed by atoms with E-state index in [-0.39, 0.29) is 18.1 Å². The molecular formula is C43H54N4O7. The number of nitrogens with zero attached hydrogens (tertiary/aromatic N) is 2. The van der Waals surface area contributed by atoms with Gasteiger partial charge in [-0.1, -0.05) is 43.4 Å². The lowest BCUT2D eigenvalue weighted by molar-refractivity contribution is -0.243. The molecule has 4 aliphatic heterocycles. The predicted molar refractivity (Wildman–Crippen MR) is 202 cm³/mol. The van der Waals surface area contributed by atoms with Gasteiger partial charge in [-0.3, -0.25) is 9.69 Å². The fourth-order valence-corrected chi connectivity index (χ4v) is 13.1. The zero-order chi connectivity index (χ0) is 37.8. The summed E-state index contributed by atoms with van der Waals surface area (Å²) in [7, 11) is 4.93. The van der Waals surface area contributed by atoms with Crippen LogP contribution in [0.3, 0.4) is 0 Å². The highest BCUT2D eigenvalue weighted by molar-refractivity contribution is 5.88. The predicted octanol–water partition coefficient (Wildman–Crippen LogP) is 3.95. The molecular weight excluding hydrogens is 684 g/mol. The zero-order valence-electron chi connectivity index (χ0n) is 32.1. The number of fused-ring (bicyclic) bond motifs is 5. The second-order valence-electron chi connectivity index (χ2n) is 17.2. The van der Waals surface area contributed by atoms with Crippen molar-refractivity contribution < 1.29 is 33.7 Å². The van der Waals surface area contributed by atoms with Gasteiger partial charge in [-0.05, 0) is 87.2 Å². The number of likely N-dealkylation sites (N-methyl/N-ethyl adjacent to an activating group) is 1. The lowest BCUT2D eigenvalue weighted by Crippen LogP contribution is -2.79. The van der Waals surface area contributed by atoms with Crippen LogP contribution in [0, 0.1) is 22.7 Å². The number of hydrogen-bond donors (Lipinski definition) is 3. The lowest BCUT2D eigenvalue weighted by Gasteiger charge is -2.63. The number of likely N-dealkylation sites (tertiary alicyclic amines) is 1. The van der Waals surface area contributed by atoms with Crippen LogP contribution in [-0.4, -0.2) is 115 Å². The Kier molecular flexibility index (Phi) is 8.40. The van der Waals surface area contributed by atoms with Gasteiger partial charge in [0.1, 0.15) is 6.29 Å². The number of ether oxygens (including phenoxy) is 3. The van der Waals surface area contributed by atoms with E-state index in [0.29, 0.717) is 31.2 Å². The molecule has 7 aliphatic rings. The molecule has 0 radical (unpaired) electrons. The Hall–Kier alpha value is -3.77. The summed E-state index contributed by atoms with van der Waals surface area (Å²) in [5.41, 5.74) is 0.693. The summed E-state index contributed by atoms with van der Waals surface area (Å²) in [4.78, 5) is 49.3. The molecule has 0 amide bonds. The van der Waals surface area contributed by atoms with Crippen molar-refractivity contribution in [3.05, 3.63) is 71.1 Å². The molecule has 1 aromatic heterocycles. The molecule has 11 heteroatoms. The van der Waals surface area contributed by atoms with E-state index in [2.05, 4.69) is 57.7 Å². The Bertz CT molecular complexity index is 1990. The summed E-state index contributed by atoms with van der Waals surface area (Å²) in [6.07, 6.45) is 13.9. The lowest BCUT2D eigenvalue weighted by atomic mass is 9.47. The molecule has 1 saturated carbocycles. The third kappa shape index (κ3) is 4.58. The first-order valence-electron chi connectivity index (χ1n) is 19.9. The Morgan fingerprint density at radius 2 is 1.96 bits per heavy atom. The second kappa shape index (κ2) is 12.6. The highest BCUT2D eigenvalue weighted by Crippen LogP contribution is 2.70. The zero-order valence-corrected chi connectivity index (χ0v) is 32.1. The van der Waals surface area contributed by atoms with Crippen molar-refractivity contribution in [3.8, 4) is 0 Å². The fraction of sp³-hybridized carbons (Fsp3) is 0.605. The van der Waals surface area contributed by atoms with Crippen LogP contribution < -0.4 is 5.32 Å². The van der Waals surface area contributed by atoms with E-state index < -0.39 is 45.9 Å². The van der Waals surface area contributed by atoms with E-state index in [4.69, 9.17) is 14.2 Å². The molecule has 3 N–H and O–H groups in total. The van der Waals surface area contributed by atoms with E-state index >= 15 is 0 Å². The molecule has 1 spiro atoms. The molecule has 54 heavy (non-hydrogen) atoms. The number of allylic oxidation sites excluding steroid dienone is 1. The smallest absolute Gasteiger partial charge is 0.344 e. The van der Waals surface area contributed by atoms with Gasteiger partial charge in [0, 0.05) is 78.8 Å². The van der Waals surface area contributed by atoms with Gasteiger partial charge in [-0.2, -0.15) is 0 Å². The van der Waals surface area contributed by atoms with E-state index in [9.17, 15) is 19.5 Å². The highest BCUT2D eigenvalue weighted by atomic mass is 16.6. The molecule has 5 heterocycles. The second-order valence-corrected chi connectivity index (χ2v) is 17.2. The SMILES string of the molecule is CC[C@]12C=CCN3CCC4(C5=CC(C[C@@]6(C=O)CC7CCCN[C@H]7Cc7c6[nH]c6ccccc76)C(OC)C=C5N(C)[C@H]4[C@@](O)(C(=O)OC)C1OC(C)=O)C32. The van der Waals surface area contributed by atoms with Crippen LogP contribution in [0.2, 0.25) is 0 Å². The number of rotatable bonds is 7. The van der Waals surface area contributed by atoms with Crippen LogP contribution in [-0.2, 0) is 40.4 Å². The number of hydrogen-bond acceptors (Lipinski definition) is 10. The van der Waals surface area contributed by atoms with E-state index in [1.165, 1.54) is 31.3 Å². The van der Waals surface area contributed by atoms with Crippen molar-refractivity contribution in [2.75, 3.05) is 40.9 Å². The van der Waals surface area contributed by atoms with E-state index in [1.807, 2.05) is 24.9 Å². The van der Waals surface area contributed by atoms with Gasteiger partial charge in [0.2, 0.25) is 5.60 Å². The largest absolute Gasteiger partial charge is 0.467 e. The minimum Gasteiger partial charge on any atom is -0.467 e. The van der Waals surface area contributed by atoms with Gasteiger partial charge in [0.05, 0.1) is 24.7 Å². The van der Waals surface area contributed by atoms with Gasteiger partial charge in [0.25, 0.3) is 0 Å². The van der Waals surface area contributed by atoms with Gasteiger partial charge in [-0.25, -0.2) is 4.79 Å². The number of piperidine rings is 1. The summed E-state index contributed by atoms with van der Waals surface area (Å²) in [5, 5.41) is 18.1. The number of para-hydroxylation sites is 1. The van der Waals surface area contributed by atoms with Crippen LogP contribution in [0.15, 0.2) is 59.8 Å². The molecule has 11 atom stereocenters. The molecule has 11 nitrogen and oxygen atoms in total. The van der Waals surface area contributed by atoms with Crippen molar-refractivity contribution >= 4 is 29.1 Å². The standard InChI is InChI=1S/C43H54N4O7/c1-6-41-14-10-17-47-18-15-42(36(41)47)30-19-27(34(52-4)21-33(30)46(3)37(42)43(51,39(50)53-5)38(41)54-25(2)49)23-40(24-48)22-26-11-9-16-44-32(26)20-29-28-12-7-8-13-31(28)45-35(29)40/h7-8,10,12-14,19,21,24,26-27,32,34,36-38,44-45,51H,6,9,11,15-18,20,22-23H2,1-5H3/t26?,27?,32-,34?,36?,37+,38?,40+,41+,42?,43-/m0/s1. The summed E-state index contributed by atoms with van der Waals surface area (Å²) < 4.78 is 17.9. The number of benzene rings is 1. The molecule has 288 valence electrons. The van der Waals surface area contributed by atoms with Crippen molar-refractivity contribution in [1.29, 1.82) is 0 Å². The molecule has 1 aromatic carbocycles. The van der Waals surface area contributed by atoms with Crippen LogP contribution in [0.4, 0.5) is 0 Å². The molecule has 3 saturated heterocycles. The molecule has 3 aliphatic carbocycles. The van der Waals surface area contributed by atoms with E-state index in [0.717, 1.165) is 67.8 Å². The number of nitrogens with one attached hydrogen (secondary N) is 2. The van der Waals surface area contributed by atoms with Crippen LogP contribution in [0.25, 0.3) is 10.9 Å². The molecule has 9 rings (SSSR count). The first-order chi connectivity index (χ1) is 26.0. The number of aromatic nitrogens is 1. The first kappa shape index (κ1) is 35.9. The number of aliphatic hydroxyl groups is 1. The Balaban J connectivity index is 1.23. The average molecular weight is 739 g/mol. The number of methoxy groups -OCH3 is 2. The minimum atomic E-state index is -2.19. The Labute approximate surface area is 317 Å². The van der Waals surface area contributed by atoms with Crippen molar-refractivity contribution in [2.45, 2.75) is 100 Å². The van der Waals surface area contributed by atoms with Crippen LogP contribution >= 0.6 is 0 Å². The van der Waals surface area contributed by atoms with Crippen molar-refractivity contribution in [3.63, 3.8) is 0 Å². The fourth-order valence-electron chi connectivity index (χ4n) is 13.1. The quantitative estimate of drug-likeness (QED) is 0.218. The average Bonchev–Trinajstić information content (AvgIpc) is 3.80. The molecule has 6 unspecified atom stereocenters. The summed E-state index contributed by atoms with van der Waals surface area (Å²) in [6, 6.07) is 7.73. The number of aldehydes is 1. The van der Waals surface area contributed by atoms with Gasteiger partial charge < -0.3 is 39.3 Å². The van der Waals surface area contributed by atoms with Crippen molar-refractivity contribution in [1.82, 2.24) is 20.1 Å². The highest BCUT2D eigenvalue weighted by Gasteiger charge is 2.81. The summed E-state index contributed by atoms with van der Waals surface area (Å²) in [5.74, 6) is -1.21. The maximum absolute atomic E-state index is 14.2. The number of carbonyl (C=O) groups excluding carboxylic acids is 3. The van der Waals surface area contributed by atoms with Crippen LogP contribution in [0.1, 0.15) is 63.6 Å². The Morgan fingerprint density at radius 1 is 1.15 bits per heavy atom. The minimum absolute atomic E-state index is 0.175. The monoisotopic (exact) mass is 738 g/mol. The van der Waals surface area contributed by atoms with Gasteiger partial charge in [0.15, 0.2) is 6.10 Å².